The molecular weight excluding hydrogens is 353 g/mol. The second kappa shape index (κ2) is 9.01. The molecule has 6 heteroatoms. The van der Waals surface area contributed by atoms with Crippen molar-refractivity contribution in [3.05, 3.63) is 64.9 Å². The molecule has 2 aromatic rings. The van der Waals surface area contributed by atoms with Gasteiger partial charge in [-0.1, -0.05) is 23.7 Å². The number of piperidine rings is 1. The number of carbonyl (C=O) groups is 1. The third-order valence-corrected chi connectivity index (χ3v) is 4.90. The minimum atomic E-state index is -0.227. The molecule has 1 saturated heterocycles. The molecule has 0 aliphatic carbocycles. The first-order chi connectivity index (χ1) is 12.6. The van der Waals surface area contributed by atoms with Gasteiger partial charge in [0.25, 0.3) is 0 Å². The Balaban J connectivity index is 1.43. The van der Waals surface area contributed by atoms with E-state index in [4.69, 9.17) is 11.6 Å². The fourth-order valence-corrected chi connectivity index (χ4v) is 3.44. The fourth-order valence-electron chi connectivity index (χ4n) is 3.31. The van der Waals surface area contributed by atoms with Crippen molar-refractivity contribution in [2.75, 3.05) is 18.4 Å². The number of carbonyl (C=O) groups excluding carboxylic acids is 1. The summed E-state index contributed by atoms with van der Waals surface area (Å²) < 4.78 is 13.0. The van der Waals surface area contributed by atoms with Crippen molar-refractivity contribution < 1.29 is 9.18 Å². The smallest absolute Gasteiger partial charge is 0.319 e. The SMILES string of the molecule is O=C(NC[C@@H]1C[C@@H](Cc2ccc(F)cc2)CCN1)Nc1ccc(Cl)cc1. The van der Waals surface area contributed by atoms with Gasteiger partial charge >= 0.3 is 6.03 Å². The van der Waals surface area contributed by atoms with Gasteiger partial charge in [-0.3, -0.25) is 0 Å². The zero-order chi connectivity index (χ0) is 18.4. The maximum Gasteiger partial charge on any atom is 0.319 e. The second-order valence-corrected chi connectivity index (χ2v) is 7.15. The van der Waals surface area contributed by atoms with Gasteiger partial charge in [0.15, 0.2) is 0 Å². The van der Waals surface area contributed by atoms with E-state index in [1.54, 1.807) is 24.3 Å². The van der Waals surface area contributed by atoms with E-state index in [9.17, 15) is 9.18 Å². The Morgan fingerprint density at radius 2 is 1.88 bits per heavy atom. The molecule has 3 N–H and O–H groups in total. The number of benzene rings is 2. The highest BCUT2D eigenvalue weighted by Crippen LogP contribution is 2.21. The normalized spacial score (nSPS) is 19.8. The van der Waals surface area contributed by atoms with E-state index in [0.717, 1.165) is 31.4 Å². The molecule has 1 aliphatic rings. The second-order valence-electron chi connectivity index (χ2n) is 6.71. The van der Waals surface area contributed by atoms with E-state index in [1.807, 2.05) is 12.1 Å². The fraction of sp³-hybridized carbons (Fsp3) is 0.350. The van der Waals surface area contributed by atoms with Gasteiger partial charge in [-0.15, -0.1) is 0 Å². The van der Waals surface area contributed by atoms with Crippen LogP contribution in [-0.4, -0.2) is 25.2 Å². The van der Waals surface area contributed by atoms with Crippen molar-refractivity contribution in [1.29, 1.82) is 0 Å². The van der Waals surface area contributed by atoms with Gasteiger partial charge in [-0.25, -0.2) is 9.18 Å². The largest absolute Gasteiger partial charge is 0.336 e. The monoisotopic (exact) mass is 375 g/mol. The first kappa shape index (κ1) is 18.7. The molecule has 0 aromatic heterocycles. The Bertz CT molecular complexity index is 721. The Hall–Kier alpha value is -2.11. The van der Waals surface area contributed by atoms with Crippen LogP contribution in [0.5, 0.6) is 0 Å². The molecule has 26 heavy (non-hydrogen) atoms. The van der Waals surface area contributed by atoms with Gasteiger partial charge in [0.1, 0.15) is 5.82 Å². The molecule has 0 bridgehead atoms. The van der Waals surface area contributed by atoms with Gasteiger partial charge in [-0.2, -0.15) is 0 Å². The Morgan fingerprint density at radius 1 is 1.15 bits per heavy atom. The highest BCUT2D eigenvalue weighted by Gasteiger charge is 2.22. The number of hydrogen-bond acceptors (Lipinski definition) is 2. The van der Waals surface area contributed by atoms with E-state index >= 15 is 0 Å². The van der Waals surface area contributed by atoms with Crippen LogP contribution in [0.4, 0.5) is 14.9 Å². The molecule has 1 aliphatic heterocycles. The first-order valence-electron chi connectivity index (χ1n) is 8.87. The highest BCUT2D eigenvalue weighted by atomic mass is 35.5. The molecule has 1 fully saturated rings. The Kier molecular flexibility index (Phi) is 6.47. The van der Waals surface area contributed by atoms with Crippen LogP contribution in [0.25, 0.3) is 0 Å². The number of rotatable bonds is 5. The average molecular weight is 376 g/mol. The van der Waals surface area contributed by atoms with Crippen LogP contribution in [0.15, 0.2) is 48.5 Å². The Morgan fingerprint density at radius 3 is 2.62 bits per heavy atom. The van der Waals surface area contributed by atoms with Crippen LogP contribution in [0.1, 0.15) is 18.4 Å². The lowest BCUT2D eigenvalue weighted by atomic mass is 9.87. The molecule has 2 amide bonds. The van der Waals surface area contributed by atoms with E-state index in [1.165, 1.54) is 12.1 Å². The molecule has 138 valence electrons. The third-order valence-electron chi connectivity index (χ3n) is 4.65. The van der Waals surface area contributed by atoms with Crippen molar-refractivity contribution in [2.24, 2.45) is 5.92 Å². The summed E-state index contributed by atoms with van der Waals surface area (Å²) in [6.07, 6.45) is 3.01. The summed E-state index contributed by atoms with van der Waals surface area (Å²) in [6.45, 7) is 1.50. The standard InChI is InChI=1S/C20H23ClFN3O/c21-16-3-7-18(8-4-16)25-20(26)24-13-19-12-15(9-10-23-19)11-14-1-5-17(22)6-2-14/h1-8,15,19,23H,9-13H2,(H2,24,25,26)/t15-,19+/m1/s1. The third kappa shape index (κ3) is 5.71. The van der Waals surface area contributed by atoms with Crippen LogP contribution >= 0.6 is 11.6 Å². The predicted molar refractivity (Wildman–Crippen MR) is 103 cm³/mol. The number of anilines is 1. The topological polar surface area (TPSA) is 53.2 Å². The van der Waals surface area contributed by atoms with Crippen LogP contribution in [0, 0.1) is 11.7 Å². The maximum atomic E-state index is 13.0. The number of hydrogen-bond donors (Lipinski definition) is 3. The van der Waals surface area contributed by atoms with Crippen LogP contribution in [0.2, 0.25) is 5.02 Å². The quantitative estimate of drug-likeness (QED) is 0.733. The highest BCUT2D eigenvalue weighted by molar-refractivity contribution is 6.30. The van der Waals surface area contributed by atoms with Crippen molar-refractivity contribution in [3.8, 4) is 0 Å². The lowest BCUT2D eigenvalue weighted by molar-refractivity contribution is 0.246. The zero-order valence-electron chi connectivity index (χ0n) is 14.5. The van der Waals surface area contributed by atoms with E-state index in [-0.39, 0.29) is 17.9 Å². The van der Waals surface area contributed by atoms with Gasteiger partial charge in [0.2, 0.25) is 0 Å². The molecule has 0 spiro atoms. The molecule has 3 rings (SSSR count). The lowest BCUT2D eigenvalue weighted by Gasteiger charge is -2.30. The summed E-state index contributed by atoms with van der Waals surface area (Å²) in [4.78, 5) is 12.0. The van der Waals surface area contributed by atoms with E-state index < -0.39 is 0 Å². The molecule has 1 heterocycles. The van der Waals surface area contributed by atoms with Crippen molar-refractivity contribution in [1.82, 2.24) is 10.6 Å². The van der Waals surface area contributed by atoms with E-state index in [2.05, 4.69) is 16.0 Å². The van der Waals surface area contributed by atoms with Crippen LogP contribution < -0.4 is 16.0 Å². The molecule has 2 aromatic carbocycles. The van der Waals surface area contributed by atoms with Crippen LogP contribution in [-0.2, 0) is 6.42 Å². The summed E-state index contributed by atoms with van der Waals surface area (Å²) in [5, 5.41) is 9.79. The van der Waals surface area contributed by atoms with Crippen LogP contribution in [0.3, 0.4) is 0 Å². The molecular formula is C20H23ClFN3O. The van der Waals surface area contributed by atoms with Crippen molar-refractivity contribution in [2.45, 2.75) is 25.3 Å². The maximum absolute atomic E-state index is 13.0. The number of amides is 2. The average Bonchev–Trinajstić information content (AvgIpc) is 2.64. The number of urea groups is 1. The minimum Gasteiger partial charge on any atom is -0.336 e. The first-order valence-corrected chi connectivity index (χ1v) is 9.24. The van der Waals surface area contributed by atoms with Gasteiger partial charge < -0.3 is 16.0 Å². The molecule has 0 unspecified atom stereocenters. The minimum absolute atomic E-state index is 0.201. The number of halogens is 2. The molecule has 2 atom stereocenters. The van der Waals surface area contributed by atoms with Crippen molar-refractivity contribution >= 4 is 23.3 Å². The summed E-state index contributed by atoms with van der Waals surface area (Å²) in [6, 6.07) is 13.7. The summed E-state index contributed by atoms with van der Waals surface area (Å²) in [7, 11) is 0. The lowest BCUT2D eigenvalue weighted by Crippen LogP contribution is -2.47. The van der Waals surface area contributed by atoms with Gasteiger partial charge in [0.05, 0.1) is 0 Å². The van der Waals surface area contributed by atoms with E-state index in [0.29, 0.717) is 23.2 Å². The number of nitrogens with one attached hydrogen (secondary N) is 3. The summed E-state index contributed by atoms with van der Waals surface area (Å²) in [5.41, 5.74) is 1.86. The van der Waals surface area contributed by atoms with Gasteiger partial charge in [-0.05, 0) is 73.7 Å². The van der Waals surface area contributed by atoms with Gasteiger partial charge in [0, 0.05) is 23.3 Å². The molecule has 4 nitrogen and oxygen atoms in total. The Labute approximate surface area is 158 Å². The summed E-state index contributed by atoms with van der Waals surface area (Å²) in [5.74, 6) is 0.334. The molecule has 0 saturated carbocycles. The summed E-state index contributed by atoms with van der Waals surface area (Å²) >= 11 is 5.84. The zero-order valence-corrected chi connectivity index (χ0v) is 15.2. The molecule has 0 radical (unpaired) electrons. The predicted octanol–water partition coefficient (Wildman–Crippen LogP) is 4.21. The van der Waals surface area contributed by atoms with Crippen molar-refractivity contribution in [3.63, 3.8) is 0 Å².